The highest BCUT2D eigenvalue weighted by molar-refractivity contribution is 7.85. The second-order valence-corrected chi connectivity index (χ2v) is 15.7. The zero-order valence-corrected chi connectivity index (χ0v) is 25.8. The van der Waals surface area contributed by atoms with Crippen LogP contribution in [-0.4, -0.2) is 70.7 Å². The van der Waals surface area contributed by atoms with Crippen molar-refractivity contribution in [2.24, 2.45) is 23.2 Å². The summed E-state index contributed by atoms with van der Waals surface area (Å²) in [6, 6.07) is 15.1. The van der Waals surface area contributed by atoms with E-state index in [0.717, 1.165) is 56.0 Å². The Morgan fingerprint density at radius 3 is 2.57 bits per heavy atom. The van der Waals surface area contributed by atoms with Crippen molar-refractivity contribution in [3.63, 3.8) is 0 Å². The SMILES string of the molecule is COC12CCC3([C@@H](COS(C)(=O)=O)[C@@H]1COCc1ccccc1)[C@H]1Cc4ccc(C)c5c4[C@@]3(CCN1CC1CC1)[C@H]2O5. The van der Waals surface area contributed by atoms with Crippen LogP contribution < -0.4 is 4.74 Å². The molecular weight excluding hydrogens is 550 g/mol. The Hall–Kier alpha value is -1.97. The molecule has 42 heavy (non-hydrogen) atoms. The van der Waals surface area contributed by atoms with E-state index < -0.39 is 15.7 Å². The lowest BCUT2D eigenvalue weighted by molar-refractivity contribution is -0.314. The largest absolute Gasteiger partial charge is 0.486 e. The third-order valence-corrected chi connectivity index (χ3v) is 12.8. The van der Waals surface area contributed by atoms with Crippen LogP contribution in [0.1, 0.15) is 54.4 Å². The highest BCUT2D eigenvalue weighted by Gasteiger charge is 2.83. The fraction of sp³-hybridized carbons (Fsp3) is 0.647. The maximum absolute atomic E-state index is 12.6. The van der Waals surface area contributed by atoms with Gasteiger partial charge in [0.1, 0.15) is 17.5 Å². The molecule has 2 heterocycles. The third-order valence-electron chi connectivity index (χ3n) is 12.2. The van der Waals surface area contributed by atoms with Crippen LogP contribution in [0.3, 0.4) is 0 Å². The molecule has 0 aromatic heterocycles. The Labute approximate surface area is 250 Å². The van der Waals surface area contributed by atoms with Crippen LogP contribution >= 0.6 is 0 Å². The summed E-state index contributed by atoms with van der Waals surface area (Å²) >= 11 is 0. The summed E-state index contributed by atoms with van der Waals surface area (Å²) in [5.74, 6) is 1.71. The maximum Gasteiger partial charge on any atom is 0.264 e. The Morgan fingerprint density at radius 2 is 1.83 bits per heavy atom. The molecular formula is C34H43NO6S. The zero-order chi connectivity index (χ0) is 28.9. The Balaban J connectivity index is 1.29. The molecule has 9 rings (SSSR count). The van der Waals surface area contributed by atoms with E-state index in [9.17, 15) is 8.42 Å². The first-order valence-corrected chi connectivity index (χ1v) is 17.6. The van der Waals surface area contributed by atoms with Gasteiger partial charge >= 0.3 is 0 Å². The number of piperidine rings is 1. The smallest absolute Gasteiger partial charge is 0.264 e. The number of hydrogen-bond acceptors (Lipinski definition) is 7. The highest BCUT2D eigenvalue weighted by atomic mass is 32.2. The van der Waals surface area contributed by atoms with Crippen molar-refractivity contribution >= 4 is 10.1 Å². The average Bonchev–Trinajstić information content (AvgIpc) is 3.72. The molecule has 0 radical (unpaired) electrons. The number of hydrogen-bond donors (Lipinski definition) is 0. The molecule has 2 aliphatic heterocycles. The first-order valence-electron chi connectivity index (χ1n) is 15.8. The maximum atomic E-state index is 12.6. The van der Waals surface area contributed by atoms with E-state index in [0.29, 0.717) is 19.3 Å². The molecule has 4 saturated carbocycles. The molecule has 8 heteroatoms. The molecule has 0 amide bonds. The molecule has 1 saturated heterocycles. The van der Waals surface area contributed by atoms with Crippen LogP contribution in [-0.2, 0) is 42.2 Å². The van der Waals surface area contributed by atoms with Crippen molar-refractivity contribution < 1.29 is 26.8 Å². The van der Waals surface area contributed by atoms with Gasteiger partial charge in [-0.2, -0.15) is 8.42 Å². The van der Waals surface area contributed by atoms with E-state index >= 15 is 0 Å². The first kappa shape index (κ1) is 27.6. The monoisotopic (exact) mass is 593 g/mol. The highest BCUT2D eigenvalue weighted by Crippen LogP contribution is 2.78. The van der Waals surface area contributed by atoms with Crippen molar-refractivity contribution in [3.05, 3.63) is 64.7 Å². The number of rotatable bonds is 10. The van der Waals surface area contributed by atoms with Gasteiger partial charge in [0, 0.05) is 42.0 Å². The van der Waals surface area contributed by atoms with Crippen LogP contribution in [0.15, 0.2) is 42.5 Å². The molecule has 226 valence electrons. The molecule has 2 unspecified atom stereocenters. The van der Waals surface area contributed by atoms with Gasteiger partial charge in [0.25, 0.3) is 10.1 Å². The quantitative estimate of drug-likeness (QED) is 0.372. The second kappa shape index (κ2) is 9.51. The number of methoxy groups -OCH3 is 1. The number of aryl methyl sites for hydroxylation is 1. The molecule has 2 aromatic rings. The van der Waals surface area contributed by atoms with E-state index in [1.54, 1.807) is 0 Å². The van der Waals surface area contributed by atoms with Crippen LogP contribution in [0.2, 0.25) is 0 Å². The van der Waals surface area contributed by atoms with Crippen molar-refractivity contribution in [1.29, 1.82) is 0 Å². The number of nitrogens with zero attached hydrogens (tertiary/aromatic N) is 1. The van der Waals surface area contributed by atoms with Crippen LogP contribution in [0.25, 0.3) is 0 Å². The van der Waals surface area contributed by atoms with E-state index in [1.165, 1.54) is 35.8 Å². The van der Waals surface area contributed by atoms with E-state index in [2.05, 4.69) is 36.1 Å². The lowest BCUT2D eigenvalue weighted by Gasteiger charge is -2.76. The molecule has 2 aromatic carbocycles. The van der Waals surface area contributed by atoms with Gasteiger partial charge in [-0.05, 0) is 80.5 Å². The number of fused-ring (bicyclic) bond motifs is 2. The average molecular weight is 594 g/mol. The zero-order valence-electron chi connectivity index (χ0n) is 25.0. The number of benzene rings is 2. The van der Waals surface area contributed by atoms with Crippen molar-refractivity contribution in [3.8, 4) is 5.75 Å². The van der Waals surface area contributed by atoms with E-state index in [4.69, 9.17) is 18.4 Å². The van der Waals surface area contributed by atoms with Crippen molar-refractivity contribution in [2.75, 3.05) is 39.7 Å². The van der Waals surface area contributed by atoms with Gasteiger partial charge in [-0.25, -0.2) is 0 Å². The fourth-order valence-electron chi connectivity index (χ4n) is 10.6. The van der Waals surface area contributed by atoms with Gasteiger partial charge < -0.3 is 14.2 Å². The lowest BCUT2D eigenvalue weighted by atomic mass is 9.32. The van der Waals surface area contributed by atoms with E-state index in [1.807, 2.05) is 25.3 Å². The summed E-state index contributed by atoms with van der Waals surface area (Å²) in [5.41, 5.74) is 4.08. The summed E-state index contributed by atoms with van der Waals surface area (Å²) in [5, 5.41) is 0. The van der Waals surface area contributed by atoms with Crippen molar-refractivity contribution in [2.45, 2.75) is 75.2 Å². The Kier molecular flexibility index (Phi) is 6.24. The van der Waals surface area contributed by atoms with Gasteiger partial charge in [0.2, 0.25) is 0 Å². The molecule has 7 aliphatic rings. The minimum atomic E-state index is -3.64. The summed E-state index contributed by atoms with van der Waals surface area (Å²) in [6.45, 7) is 5.46. The summed E-state index contributed by atoms with van der Waals surface area (Å²) < 4.78 is 51.3. The molecule has 5 fully saturated rings. The molecule has 5 aliphatic carbocycles. The Morgan fingerprint density at radius 1 is 1.02 bits per heavy atom. The number of ether oxygens (including phenoxy) is 3. The van der Waals surface area contributed by atoms with Crippen molar-refractivity contribution in [1.82, 2.24) is 4.90 Å². The predicted molar refractivity (Wildman–Crippen MR) is 159 cm³/mol. The van der Waals surface area contributed by atoms with Gasteiger partial charge in [-0.15, -0.1) is 0 Å². The summed E-state index contributed by atoms with van der Waals surface area (Å²) in [4.78, 5) is 2.78. The van der Waals surface area contributed by atoms with Gasteiger partial charge in [-0.3, -0.25) is 9.08 Å². The van der Waals surface area contributed by atoms with Crippen LogP contribution in [0.5, 0.6) is 5.75 Å². The molecule has 7 atom stereocenters. The second-order valence-electron chi connectivity index (χ2n) is 14.0. The normalized spacial score (nSPS) is 37.9. The number of likely N-dealkylation sites (tertiary alicyclic amines) is 1. The Bertz CT molecular complexity index is 1490. The summed E-state index contributed by atoms with van der Waals surface area (Å²) in [6.07, 6.45) is 7.50. The fourth-order valence-corrected chi connectivity index (χ4v) is 11.0. The van der Waals surface area contributed by atoms with Gasteiger partial charge in [0.15, 0.2) is 0 Å². The first-order chi connectivity index (χ1) is 20.2. The molecule has 2 spiro atoms. The third kappa shape index (κ3) is 3.68. The van der Waals surface area contributed by atoms with Crippen LogP contribution in [0, 0.1) is 30.1 Å². The van der Waals surface area contributed by atoms with Gasteiger partial charge in [0.05, 0.1) is 26.1 Å². The molecule has 4 bridgehead atoms. The van der Waals surface area contributed by atoms with E-state index in [-0.39, 0.29) is 35.4 Å². The molecule has 0 N–H and O–H groups in total. The summed E-state index contributed by atoms with van der Waals surface area (Å²) in [7, 11) is -1.81. The lowest BCUT2D eigenvalue weighted by Crippen LogP contribution is -2.84. The minimum Gasteiger partial charge on any atom is -0.486 e. The molecule has 7 nitrogen and oxygen atoms in total. The van der Waals surface area contributed by atoms with Gasteiger partial charge in [-0.1, -0.05) is 42.5 Å². The van der Waals surface area contributed by atoms with Crippen LogP contribution in [0.4, 0.5) is 0 Å². The topological polar surface area (TPSA) is 74.3 Å². The minimum absolute atomic E-state index is 0.0526. The standard InChI is InChI=1S/C34H43NO6S/c1-22-9-12-25-17-28-32-13-14-34(38-2,31-33(32,29(25)30(22)41-31)15-16-35(28)18-23-10-11-23)27(26(32)21-40-42(3,36)37)20-39-19-24-7-5-4-6-8-24/h4-9,12,23,26-28,31H,10-11,13-21H2,1-3H3/t26-,27-,28+,31+,32?,33-,34?/m0/s1. The predicted octanol–water partition coefficient (Wildman–Crippen LogP) is 4.64.